The minimum absolute atomic E-state index is 0.150. The average Bonchev–Trinajstić information content (AvgIpc) is 3.21. The van der Waals surface area contributed by atoms with Crippen molar-refractivity contribution in [2.24, 2.45) is 10.9 Å². The number of oxime groups is 1. The first-order valence-corrected chi connectivity index (χ1v) is 11.6. The van der Waals surface area contributed by atoms with E-state index in [2.05, 4.69) is 27.2 Å². The van der Waals surface area contributed by atoms with Crippen LogP contribution in [0.3, 0.4) is 0 Å². The van der Waals surface area contributed by atoms with E-state index in [0.717, 1.165) is 22.8 Å². The summed E-state index contributed by atoms with van der Waals surface area (Å²) in [5.41, 5.74) is 10.8. The van der Waals surface area contributed by atoms with E-state index < -0.39 is 35.8 Å². The van der Waals surface area contributed by atoms with Gasteiger partial charge < -0.3 is 31.8 Å². The second kappa shape index (κ2) is 11.8. The van der Waals surface area contributed by atoms with Crippen LogP contribution in [0, 0.1) is 0 Å². The van der Waals surface area contributed by atoms with Gasteiger partial charge in [-0.25, -0.2) is 9.78 Å². The number of nitrogen functional groups attached to an aromatic ring is 1. The molecule has 3 rings (SSSR count). The first kappa shape index (κ1) is 25.6. The maximum Gasteiger partial charge on any atom is 0.352 e. The summed E-state index contributed by atoms with van der Waals surface area (Å²) in [5.74, 6) is -2.35. The summed E-state index contributed by atoms with van der Waals surface area (Å²) in [6.07, 6.45) is 2.39. The van der Waals surface area contributed by atoms with Gasteiger partial charge in [0.25, 0.3) is 11.8 Å². The number of hydrogen-bond acceptors (Lipinski definition) is 11. The summed E-state index contributed by atoms with van der Waals surface area (Å²) < 4.78 is 0. The molecule has 14 heteroatoms. The highest BCUT2D eigenvalue weighted by Gasteiger charge is 2.54. The van der Waals surface area contributed by atoms with Crippen molar-refractivity contribution < 1.29 is 29.4 Å². The zero-order chi connectivity index (χ0) is 23.8. The van der Waals surface area contributed by atoms with Gasteiger partial charge in [0.1, 0.15) is 29.9 Å². The number of amides is 2. The number of carbonyl (C=O) groups excluding carboxylic acids is 2. The number of aromatic nitrogens is 1. The number of carboxylic acid groups (broad SMARTS) is 1. The van der Waals surface area contributed by atoms with E-state index in [9.17, 15) is 24.6 Å². The quantitative estimate of drug-likeness (QED) is 0.182. The molecule has 1 fully saturated rings. The molecule has 2 aliphatic rings. The number of thioether (sulfide) groups is 1. The lowest BCUT2D eigenvalue weighted by Crippen LogP contribution is -2.71. The van der Waals surface area contributed by atoms with Crippen LogP contribution in [-0.4, -0.2) is 81.0 Å². The Labute approximate surface area is 192 Å². The normalized spacial score (nSPS) is 20.1. The number of unbranched alkanes of at least 4 members (excludes halogenated alkanes) is 1. The van der Waals surface area contributed by atoms with Crippen LogP contribution in [0.25, 0.3) is 0 Å². The average molecular weight is 487 g/mol. The van der Waals surface area contributed by atoms with Crippen molar-refractivity contribution in [3.63, 3.8) is 0 Å². The third kappa shape index (κ3) is 5.56. The number of nitrogens with two attached hydrogens (primary N) is 2. The summed E-state index contributed by atoms with van der Waals surface area (Å²) in [6.45, 7) is 2.52. The van der Waals surface area contributed by atoms with Gasteiger partial charge in [0.05, 0.1) is 6.61 Å². The first-order valence-electron chi connectivity index (χ1n) is 9.64. The van der Waals surface area contributed by atoms with E-state index >= 15 is 0 Å². The van der Waals surface area contributed by atoms with Crippen LogP contribution in [0.5, 0.6) is 0 Å². The Kier molecular flexibility index (Phi) is 9.43. The molecule has 0 aromatic carbocycles. The number of hydrogen-bond donors (Lipinski definition) is 5. The zero-order valence-electron chi connectivity index (χ0n) is 17.6. The number of fused-ring (bicyclic) bond motifs is 1. The van der Waals surface area contributed by atoms with Crippen LogP contribution in [0.15, 0.2) is 21.8 Å². The lowest BCUT2D eigenvalue weighted by molar-refractivity contribution is -0.150. The van der Waals surface area contributed by atoms with E-state index in [1.54, 1.807) is 0 Å². The Bertz CT molecular complexity index is 916. The molecular formula is C18H26N6O6S2. The molecule has 1 aromatic rings. The molecule has 0 spiro atoms. The van der Waals surface area contributed by atoms with Crippen molar-refractivity contribution in [2.45, 2.75) is 31.2 Å². The SMILES string of the molecule is CCCCN.CO/N=C(\C(=O)N[C@@H]1C(=O)N2C(C(=O)O)=C(CO)CS[C@@H]12)c1csc(N)n1. The molecule has 0 unspecified atom stereocenters. The van der Waals surface area contributed by atoms with Crippen molar-refractivity contribution >= 4 is 51.7 Å². The van der Waals surface area contributed by atoms with Crippen molar-refractivity contribution in [2.75, 3.05) is 31.7 Å². The predicted octanol–water partition coefficient (Wildman–Crippen LogP) is -0.448. The number of anilines is 1. The molecule has 0 saturated carbocycles. The van der Waals surface area contributed by atoms with E-state index in [1.165, 1.54) is 37.1 Å². The molecule has 0 bridgehead atoms. The lowest BCUT2D eigenvalue weighted by atomic mass is 10.0. The van der Waals surface area contributed by atoms with Crippen LogP contribution in [0.4, 0.5) is 5.13 Å². The van der Waals surface area contributed by atoms with Gasteiger partial charge in [-0.15, -0.1) is 23.1 Å². The smallest absolute Gasteiger partial charge is 0.352 e. The molecule has 176 valence electrons. The number of thiazole rings is 1. The van der Waals surface area contributed by atoms with Gasteiger partial charge in [0, 0.05) is 11.1 Å². The fourth-order valence-electron chi connectivity index (χ4n) is 2.91. The molecule has 2 atom stereocenters. The Morgan fingerprint density at radius 1 is 1.47 bits per heavy atom. The number of rotatable bonds is 8. The van der Waals surface area contributed by atoms with Crippen LogP contribution in [-0.2, 0) is 19.2 Å². The molecule has 0 aliphatic carbocycles. The standard InChI is InChI=1S/C14H15N5O6S2.C4H11N/c1-25-18-7(6-4-27-14(15)16-6)10(21)17-8-11(22)19-9(13(23)24)5(2-20)3-26-12(8)19;1-2-3-4-5/h4,8,12,20H,2-3H2,1H3,(H2,15,16)(H,17,21)(H,23,24);2-5H2,1H3/b18-7-;/t8-,12+;/m1./s1. The lowest BCUT2D eigenvalue weighted by Gasteiger charge is -2.49. The van der Waals surface area contributed by atoms with Crippen molar-refractivity contribution in [1.82, 2.24) is 15.2 Å². The summed E-state index contributed by atoms with van der Waals surface area (Å²) in [7, 11) is 1.26. The van der Waals surface area contributed by atoms with E-state index in [4.69, 9.17) is 11.5 Å². The van der Waals surface area contributed by atoms with Gasteiger partial charge in [0.15, 0.2) is 10.8 Å². The maximum absolute atomic E-state index is 12.6. The summed E-state index contributed by atoms with van der Waals surface area (Å²) in [6, 6.07) is -0.935. The number of nitrogens with one attached hydrogen (secondary N) is 1. The minimum Gasteiger partial charge on any atom is -0.477 e. The van der Waals surface area contributed by atoms with Gasteiger partial charge in [-0.3, -0.25) is 14.5 Å². The van der Waals surface area contributed by atoms with Crippen molar-refractivity contribution in [3.8, 4) is 0 Å². The van der Waals surface area contributed by atoms with Gasteiger partial charge in [0.2, 0.25) is 0 Å². The third-order valence-corrected chi connectivity index (χ3v) is 6.46. The highest BCUT2D eigenvalue weighted by molar-refractivity contribution is 8.00. The molecule has 32 heavy (non-hydrogen) atoms. The molecule has 3 heterocycles. The van der Waals surface area contributed by atoms with E-state index in [1.807, 2.05) is 0 Å². The number of β-lactam (4-membered cyclic amide) rings is 1. The second-order valence-corrected chi connectivity index (χ2v) is 8.61. The molecule has 1 saturated heterocycles. The van der Waals surface area contributed by atoms with Crippen molar-refractivity contribution in [1.29, 1.82) is 0 Å². The fraction of sp³-hybridized carbons (Fsp3) is 0.500. The molecule has 7 N–H and O–H groups in total. The zero-order valence-corrected chi connectivity index (χ0v) is 19.2. The number of carbonyl (C=O) groups is 3. The minimum atomic E-state index is -1.30. The van der Waals surface area contributed by atoms with Gasteiger partial charge >= 0.3 is 5.97 Å². The molecule has 2 amide bonds. The number of nitrogens with zero attached hydrogens (tertiary/aromatic N) is 3. The molecule has 2 aliphatic heterocycles. The highest BCUT2D eigenvalue weighted by atomic mass is 32.2. The molecule has 1 aromatic heterocycles. The van der Waals surface area contributed by atoms with Crippen LogP contribution < -0.4 is 16.8 Å². The Morgan fingerprint density at radius 3 is 2.66 bits per heavy atom. The Balaban J connectivity index is 0.000000654. The largest absolute Gasteiger partial charge is 0.477 e. The summed E-state index contributed by atoms with van der Waals surface area (Å²) in [5, 5.41) is 26.0. The van der Waals surface area contributed by atoms with Crippen molar-refractivity contribution in [3.05, 3.63) is 22.3 Å². The van der Waals surface area contributed by atoms with Crippen LogP contribution >= 0.6 is 23.1 Å². The second-order valence-electron chi connectivity index (χ2n) is 6.61. The van der Waals surface area contributed by atoms with Crippen LogP contribution in [0.1, 0.15) is 25.5 Å². The molecule has 0 radical (unpaired) electrons. The fourth-order valence-corrected chi connectivity index (χ4v) is 4.79. The number of aliphatic carboxylic acids is 1. The molecule has 12 nitrogen and oxygen atoms in total. The van der Waals surface area contributed by atoms with Crippen LogP contribution in [0.2, 0.25) is 0 Å². The number of aliphatic hydroxyl groups excluding tert-OH is 1. The van der Waals surface area contributed by atoms with E-state index in [-0.39, 0.29) is 33.6 Å². The Hall–Kier alpha value is -2.68. The molecular weight excluding hydrogens is 460 g/mol. The third-order valence-electron chi connectivity index (χ3n) is 4.45. The number of carboxylic acids is 1. The first-order chi connectivity index (χ1) is 15.3. The maximum atomic E-state index is 12.6. The highest BCUT2D eigenvalue weighted by Crippen LogP contribution is 2.40. The predicted molar refractivity (Wildman–Crippen MR) is 121 cm³/mol. The Morgan fingerprint density at radius 2 is 2.19 bits per heavy atom. The van der Waals surface area contributed by atoms with Gasteiger partial charge in [-0.2, -0.15) is 0 Å². The van der Waals surface area contributed by atoms with Gasteiger partial charge in [-0.1, -0.05) is 18.5 Å². The van der Waals surface area contributed by atoms with Gasteiger partial charge in [-0.05, 0) is 18.5 Å². The monoisotopic (exact) mass is 486 g/mol. The topological polar surface area (TPSA) is 193 Å². The number of aliphatic hydroxyl groups is 1. The summed E-state index contributed by atoms with van der Waals surface area (Å²) in [4.78, 5) is 46.2. The summed E-state index contributed by atoms with van der Waals surface area (Å²) >= 11 is 2.37. The van der Waals surface area contributed by atoms with E-state index in [0.29, 0.717) is 0 Å².